The van der Waals surface area contributed by atoms with Crippen molar-refractivity contribution in [1.82, 2.24) is 14.8 Å². The van der Waals surface area contributed by atoms with Crippen LogP contribution in [0.25, 0.3) is 0 Å². The monoisotopic (exact) mass is 128 g/mol. The molecular formula is C4H8N4O. The molecule has 0 saturated carbocycles. The summed E-state index contributed by atoms with van der Waals surface area (Å²) in [6.07, 6.45) is 1.51. The lowest BCUT2D eigenvalue weighted by Gasteiger charge is -1.93. The van der Waals surface area contributed by atoms with Gasteiger partial charge in [-0.1, -0.05) is 0 Å². The largest absolute Gasteiger partial charge is 0.367 e. The van der Waals surface area contributed by atoms with E-state index in [1.807, 2.05) is 0 Å². The number of nitrogen functional groups attached to an aromatic ring is 1. The van der Waals surface area contributed by atoms with E-state index in [-0.39, 0.29) is 5.95 Å². The molecule has 0 unspecified atom stereocenters. The molecule has 0 spiro atoms. The first kappa shape index (κ1) is 6.03. The maximum absolute atomic E-state index is 5.21. The second-order valence-electron chi connectivity index (χ2n) is 1.56. The summed E-state index contributed by atoms with van der Waals surface area (Å²) in [5.41, 5.74) is 5.21. The van der Waals surface area contributed by atoms with Crippen molar-refractivity contribution in [2.75, 3.05) is 12.8 Å². The van der Waals surface area contributed by atoms with Crippen LogP contribution in [0.15, 0.2) is 6.33 Å². The highest BCUT2D eigenvalue weighted by Crippen LogP contribution is 1.87. The molecule has 1 heterocycles. The SMILES string of the molecule is COCn1cnc(N)n1. The molecule has 5 heteroatoms. The summed E-state index contributed by atoms with van der Waals surface area (Å²) >= 11 is 0. The number of aromatic nitrogens is 3. The van der Waals surface area contributed by atoms with Gasteiger partial charge in [0.15, 0.2) is 0 Å². The minimum Gasteiger partial charge on any atom is -0.367 e. The van der Waals surface area contributed by atoms with Crippen molar-refractivity contribution in [3.63, 3.8) is 0 Å². The molecule has 1 aromatic rings. The van der Waals surface area contributed by atoms with Crippen LogP contribution in [-0.4, -0.2) is 21.9 Å². The van der Waals surface area contributed by atoms with Gasteiger partial charge in [-0.2, -0.15) is 0 Å². The van der Waals surface area contributed by atoms with Gasteiger partial charge in [0.2, 0.25) is 5.95 Å². The van der Waals surface area contributed by atoms with Crippen molar-refractivity contribution in [3.8, 4) is 0 Å². The summed E-state index contributed by atoms with van der Waals surface area (Å²) in [5.74, 6) is 0.270. The van der Waals surface area contributed by atoms with Gasteiger partial charge in [0.05, 0.1) is 0 Å². The normalized spacial score (nSPS) is 9.89. The predicted octanol–water partition coefficient (Wildman–Crippen LogP) is -0.536. The number of anilines is 1. The molecule has 0 radical (unpaired) electrons. The molecule has 1 rings (SSSR count). The van der Waals surface area contributed by atoms with Crippen molar-refractivity contribution in [1.29, 1.82) is 0 Å². The molecule has 0 amide bonds. The molecular weight excluding hydrogens is 120 g/mol. The molecule has 0 fully saturated rings. The Hall–Kier alpha value is -1.10. The van der Waals surface area contributed by atoms with Gasteiger partial charge in [-0.25, -0.2) is 9.67 Å². The highest BCUT2D eigenvalue weighted by atomic mass is 16.5. The third-order valence-electron chi connectivity index (χ3n) is 0.816. The lowest BCUT2D eigenvalue weighted by Crippen LogP contribution is -2.00. The predicted molar refractivity (Wildman–Crippen MR) is 31.4 cm³/mol. The van der Waals surface area contributed by atoms with Gasteiger partial charge >= 0.3 is 0 Å². The Labute approximate surface area is 52.4 Å². The van der Waals surface area contributed by atoms with Gasteiger partial charge in [-0.15, -0.1) is 5.10 Å². The van der Waals surface area contributed by atoms with E-state index in [1.165, 1.54) is 11.0 Å². The third-order valence-corrected chi connectivity index (χ3v) is 0.816. The van der Waals surface area contributed by atoms with Crippen molar-refractivity contribution in [3.05, 3.63) is 6.33 Å². The molecule has 0 saturated heterocycles. The highest BCUT2D eigenvalue weighted by Gasteiger charge is 1.91. The second kappa shape index (κ2) is 2.45. The summed E-state index contributed by atoms with van der Waals surface area (Å²) in [6.45, 7) is 0.393. The van der Waals surface area contributed by atoms with Crippen molar-refractivity contribution in [2.45, 2.75) is 6.73 Å². The van der Waals surface area contributed by atoms with E-state index in [0.29, 0.717) is 6.73 Å². The topological polar surface area (TPSA) is 66.0 Å². The van der Waals surface area contributed by atoms with E-state index >= 15 is 0 Å². The summed E-state index contributed by atoms with van der Waals surface area (Å²) in [4.78, 5) is 3.68. The van der Waals surface area contributed by atoms with Crippen LogP contribution in [0, 0.1) is 0 Å². The quantitative estimate of drug-likeness (QED) is 0.581. The molecule has 0 bridgehead atoms. The van der Waals surface area contributed by atoms with Crippen LogP contribution in [0.5, 0.6) is 0 Å². The molecule has 9 heavy (non-hydrogen) atoms. The second-order valence-corrected chi connectivity index (χ2v) is 1.56. The number of rotatable bonds is 2. The summed E-state index contributed by atoms with van der Waals surface area (Å²) in [7, 11) is 1.58. The van der Waals surface area contributed by atoms with Crippen LogP contribution < -0.4 is 5.73 Å². The molecule has 50 valence electrons. The zero-order valence-corrected chi connectivity index (χ0v) is 5.11. The fourth-order valence-electron chi connectivity index (χ4n) is 0.504. The fourth-order valence-corrected chi connectivity index (χ4v) is 0.504. The lowest BCUT2D eigenvalue weighted by molar-refractivity contribution is 0.120. The van der Waals surface area contributed by atoms with E-state index in [2.05, 4.69) is 10.1 Å². The first-order chi connectivity index (χ1) is 4.33. The van der Waals surface area contributed by atoms with E-state index in [0.717, 1.165) is 0 Å². The van der Waals surface area contributed by atoms with E-state index < -0.39 is 0 Å². The maximum Gasteiger partial charge on any atom is 0.239 e. The molecule has 0 aliphatic heterocycles. The number of methoxy groups -OCH3 is 1. The molecule has 0 aliphatic rings. The Bertz CT molecular complexity index is 184. The Morgan fingerprint density at radius 2 is 2.67 bits per heavy atom. The smallest absolute Gasteiger partial charge is 0.239 e. The Morgan fingerprint density at radius 3 is 3.11 bits per heavy atom. The first-order valence-electron chi connectivity index (χ1n) is 2.47. The van der Waals surface area contributed by atoms with Crippen LogP contribution in [0.4, 0.5) is 5.95 Å². The number of hydrogen-bond donors (Lipinski definition) is 1. The minimum atomic E-state index is 0.270. The number of hydrogen-bond acceptors (Lipinski definition) is 4. The van der Waals surface area contributed by atoms with Gasteiger partial charge in [-0.05, 0) is 0 Å². The van der Waals surface area contributed by atoms with Crippen molar-refractivity contribution in [2.24, 2.45) is 0 Å². The van der Waals surface area contributed by atoms with E-state index in [9.17, 15) is 0 Å². The third kappa shape index (κ3) is 1.39. The Kier molecular flexibility index (Phi) is 1.64. The van der Waals surface area contributed by atoms with Crippen LogP contribution in [0.2, 0.25) is 0 Å². The lowest BCUT2D eigenvalue weighted by atomic mass is 11.1. The number of ether oxygens (including phenoxy) is 1. The molecule has 1 aromatic heterocycles. The maximum atomic E-state index is 5.21. The molecule has 2 N–H and O–H groups in total. The molecule has 0 atom stereocenters. The van der Waals surface area contributed by atoms with Gasteiger partial charge in [0.25, 0.3) is 0 Å². The van der Waals surface area contributed by atoms with Crippen LogP contribution in [0.1, 0.15) is 0 Å². The van der Waals surface area contributed by atoms with E-state index in [1.54, 1.807) is 7.11 Å². The van der Waals surface area contributed by atoms with E-state index in [4.69, 9.17) is 10.5 Å². The van der Waals surface area contributed by atoms with Gasteiger partial charge in [0, 0.05) is 7.11 Å². The minimum absolute atomic E-state index is 0.270. The zero-order chi connectivity index (χ0) is 6.69. The van der Waals surface area contributed by atoms with Gasteiger partial charge in [-0.3, -0.25) is 0 Å². The Balaban J connectivity index is 2.61. The van der Waals surface area contributed by atoms with Crippen molar-refractivity contribution >= 4 is 5.95 Å². The van der Waals surface area contributed by atoms with Gasteiger partial charge in [0.1, 0.15) is 13.1 Å². The first-order valence-corrected chi connectivity index (χ1v) is 2.47. The van der Waals surface area contributed by atoms with Crippen molar-refractivity contribution < 1.29 is 4.74 Å². The van der Waals surface area contributed by atoms with Crippen LogP contribution in [0.3, 0.4) is 0 Å². The zero-order valence-electron chi connectivity index (χ0n) is 5.11. The van der Waals surface area contributed by atoms with Crippen LogP contribution >= 0.6 is 0 Å². The average molecular weight is 128 g/mol. The standard InChI is InChI=1S/C4H8N4O/c1-9-3-8-2-6-4(5)7-8/h2H,3H2,1H3,(H2,5,7). The molecule has 0 aromatic carbocycles. The summed E-state index contributed by atoms with van der Waals surface area (Å²) in [5, 5.41) is 3.76. The average Bonchev–Trinajstić information content (AvgIpc) is 2.17. The summed E-state index contributed by atoms with van der Waals surface area (Å²) in [6, 6.07) is 0. The van der Waals surface area contributed by atoms with Crippen LogP contribution in [-0.2, 0) is 11.5 Å². The fraction of sp³-hybridized carbons (Fsp3) is 0.500. The number of nitrogens with zero attached hydrogens (tertiary/aromatic N) is 3. The van der Waals surface area contributed by atoms with Gasteiger partial charge < -0.3 is 10.5 Å². The highest BCUT2D eigenvalue weighted by molar-refractivity contribution is 5.08. The summed E-state index contributed by atoms with van der Waals surface area (Å²) < 4.78 is 6.26. The molecule has 0 aliphatic carbocycles. The number of nitrogens with two attached hydrogens (primary N) is 1. The molecule has 5 nitrogen and oxygen atoms in total. The Morgan fingerprint density at radius 1 is 1.89 bits per heavy atom.